The van der Waals surface area contributed by atoms with Crippen LogP contribution in [0.1, 0.15) is 25.1 Å². The maximum atomic E-state index is 10.4. The van der Waals surface area contributed by atoms with Gasteiger partial charge in [0.15, 0.2) is 0 Å². The van der Waals surface area contributed by atoms with E-state index in [0.29, 0.717) is 17.3 Å². The van der Waals surface area contributed by atoms with Crippen molar-refractivity contribution in [3.8, 4) is 0 Å². The predicted molar refractivity (Wildman–Crippen MR) is 69.6 cm³/mol. The first kappa shape index (κ1) is 13.8. The molecule has 1 N–H and O–H groups in total. The Hall–Kier alpha value is -0.620. The number of morpholine rings is 1. The molecule has 0 aliphatic carbocycles. The molecule has 1 aromatic heterocycles. The summed E-state index contributed by atoms with van der Waals surface area (Å²) >= 11 is 6.04. The Labute approximate surface area is 112 Å². The van der Waals surface area contributed by atoms with Gasteiger partial charge in [0, 0.05) is 20.1 Å². The highest BCUT2D eigenvalue weighted by molar-refractivity contribution is 6.31. The first-order valence-corrected chi connectivity index (χ1v) is 6.70. The second kappa shape index (κ2) is 6.02. The second-order valence-corrected chi connectivity index (χ2v) is 5.06. The zero-order chi connectivity index (χ0) is 13.1. The maximum Gasteiger partial charge on any atom is 0.124 e. The maximum absolute atomic E-state index is 10.4. The summed E-state index contributed by atoms with van der Waals surface area (Å²) in [5, 5.41) is 14.9. The number of aryl methyl sites for hydroxylation is 1. The average Bonchev–Trinajstić information content (AvgIpc) is 2.69. The molecule has 2 rings (SSSR count). The summed E-state index contributed by atoms with van der Waals surface area (Å²) in [4.78, 5) is 2.31. The summed E-state index contributed by atoms with van der Waals surface area (Å²) in [7, 11) is 1.77. The van der Waals surface area contributed by atoms with E-state index in [1.54, 1.807) is 17.9 Å². The summed E-state index contributed by atoms with van der Waals surface area (Å²) in [5.41, 5.74) is 0.625. The molecule has 1 aliphatic heterocycles. The zero-order valence-electron chi connectivity index (χ0n) is 10.8. The summed E-state index contributed by atoms with van der Waals surface area (Å²) < 4.78 is 7.26. The minimum absolute atomic E-state index is 0.238. The Morgan fingerprint density at radius 1 is 1.67 bits per heavy atom. The highest BCUT2D eigenvalue weighted by atomic mass is 35.5. The van der Waals surface area contributed by atoms with E-state index >= 15 is 0 Å². The van der Waals surface area contributed by atoms with Crippen molar-refractivity contribution >= 4 is 11.6 Å². The predicted octanol–water partition coefficient (Wildman–Crippen LogP) is 1.22. The molecule has 0 radical (unpaired) electrons. The molecule has 5 nitrogen and oxygen atoms in total. The van der Waals surface area contributed by atoms with Gasteiger partial charge in [-0.2, -0.15) is 5.10 Å². The van der Waals surface area contributed by atoms with Gasteiger partial charge in [0.2, 0.25) is 0 Å². The molecule has 0 aromatic carbocycles. The summed E-state index contributed by atoms with van der Waals surface area (Å²) in [5.74, 6) is 0. The van der Waals surface area contributed by atoms with Crippen molar-refractivity contribution in [2.45, 2.75) is 25.6 Å². The molecule has 2 heterocycles. The molecule has 0 amide bonds. The SMILES string of the molecule is CCCN1CCOC(C(O)c2c(Cl)cnn2C)C1. The Morgan fingerprint density at radius 2 is 2.44 bits per heavy atom. The van der Waals surface area contributed by atoms with E-state index in [1.165, 1.54) is 0 Å². The van der Waals surface area contributed by atoms with Crippen molar-refractivity contribution < 1.29 is 9.84 Å². The number of aromatic nitrogens is 2. The van der Waals surface area contributed by atoms with E-state index in [1.807, 2.05) is 0 Å². The number of hydrogen-bond acceptors (Lipinski definition) is 4. The lowest BCUT2D eigenvalue weighted by molar-refractivity contribution is -0.0919. The number of aliphatic hydroxyl groups is 1. The Morgan fingerprint density at radius 3 is 3.06 bits per heavy atom. The van der Waals surface area contributed by atoms with Gasteiger partial charge in [0.1, 0.15) is 12.2 Å². The number of halogens is 1. The Kier molecular flexibility index (Phi) is 4.61. The van der Waals surface area contributed by atoms with E-state index in [9.17, 15) is 5.11 Å². The summed E-state index contributed by atoms with van der Waals surface area (Å²) in [6.45, 7) is 5.49. The molecule has 0 bridgehead atoms. The lowest BCUT2D eigenvalue weighted by Gasteiger charge is -2.35. The van der Waals surface area contributed by atoms with E-state index in [0.717, 1.165) is 26.1 Å². The molecule has 1 aromatic rings. The third kappa shape index (κ3) is 2.85. The molecular weight excluding hydrogens is 254 g/mol. The molecule has 1 aliphatic rings. The van der Waals surface area contributed by atoms with Crippen LogP contribution in [0.15, 0.2) is 6.20 Å². The van der Waals surface area contributed by atoms with Crippen LogP contribution in [0.2, 0.25) is 5.02 Å². The molecule has 18 heavy (non-hydrogen) atoms. The van der Waals surface area contributed by atoms with Crippen molar-refractivity contribution in [3.05, 3.63) is 16.9 Å². The number of rotatable bonds is 4. The Bertz CT molecular complexity index is 375. The first-order chi connectivity index (χ1) is 8.63. The summed E-state index contributed by atoms with van der Waals surface area (Å²) in [6.07, 6.45) is 1.69. The topological polar surface area (TPSA) is 50.5 Å². The fraction of sp³-hybridized carbons (Fsp3) is 0.750. The molecule has 1 fully saturated rings. The van der Waals surface area contributed by atoms with Gasteiger partial charge >= 0.3 is 0 Å². The highest BCUT2D eigenvalue weighted by Gasteiger charge is 2.30. The largest absolute Gasteiger partial charge is 0.384 e. The fourth-order valence-corrected chi connectivity index (χ4v) is 2.65. The monoisotopic (exact) mass is 273 g/mol. The van der Waals surface area contributed by atoms with Crippen LogP contribution in [0.3, 0.4) is 0 Å². The number of hydrogen-bond donors (Lipinski definition) is 1. The lowest BCUT2D eigenvalue weighted by atomic mass is 10.1. The van der Waals surface area contributed by atoms with Gasteiger partial charge in [-0.05, 0) is 13.0 Å². The average molecular weight is 274 g/mol. The molecule has 102 valence electrons. The third-order valence-electron chi connectivity index (χ3n) is 3.29. The third-order valence-corrected chi connectivity index (χ3v) is 3.58. The second-order valence-electron chi connectivity index (χ2n) is 4.66. The molecule has 0 spiro atoms. The van der Waals surface area contributed by atoms with Gasteiger partial charge in [-0.25, -0.2) is 0 Å². The van der Waals surface area contributed by atoms with Crippen LogP contribution in [0, 0.1) is 0 Å². The van der Waals surface area contributed by atoms with E-state index < -0.39 is 6.10 Å². The molecule has 0 saturated carbocycles. The molecular formula is C12H20ClN3O2. The van der Waals surface area contributed by atoms with Crippen LogP contribution >= 0.6 is 11.6 Å². The Balaban J connectivity index is 2.06. The van der Waals surface area contributed by atoms with Crippen LogP contribution in [0.5, 0.6) is 0 Å². The van der Waals surface area contributed by atoms with Gasteiger partial charge in [-0.15, -0.1) is 0 Å². The first-order valence-electron chi connectivity index (χ1n) is 6.33. The number of nitrogens with zero attached hydrogens (tertiary/aromatic N) is 3. The van der Waals surface area contributed by atoms with Crippen molar-refractivity contribution in [2.24, 2.45) is 7.05 Å². The van der Waals surface area contributed by atoms with Crippen LogP contribution in [-0.2, 0) is 11.8 Å². The van der Waals surface area contributed by atoms with Gasteiger partial charge in [-0.3, -0.25) is 9.58 Å². The van der Waals surface area contributed by atoms with Crippen molar-refractivity contribution in [1.82, 2.24) is 14.7 Å². The van der Waals surface area contributed by atoms with Crippen LogP contribution in [-0.4, -0.2) is 52.1 Å². The van der Waals surface area contributed by atoms with E-state index in [4.69, 9.17) is 16.3 Å². The van der Waals surface area contributed by atoms with E-state index in [-0.39, 0.29) is 6.10 Å². The fourth-order valence-electron chi connectivity index (χ4n) is 2.37. The molecule has 2 atom stereocenters. The minimum Gasteiger partial charge on any atom is -0.384 e. The normalized spacial score (nSPS) is 23.2. The standard InChI is InChI=1S/C12H20ClN3O2/c1-3-4-16-5-6-18-10(8-16)12(17)11-9(13)7-14-15(11)2/h7,10,12,17H,3-6,8H2,1-2H3. The number of ether oxygens (including phenoxy) is 1. The molecule has 2 unspecified atom stereocenters. The van der Waals surface area contributed by atoms with Crippen LogP contribution < -0.4 is 0 Å². The van der Waals surface area contributed by atoms with Crippen LogP contribution in [0.4, 0.5) is 0 Å². The quantitative estimate of drug-likeness (QED) is 0.896. The highest BCUT2D eigenvalue weighted by Crippen LogP contribution is 2.27. The van der Waals surface area contributed by atoms with Crippen molar-refractivity contribution in [1.29, 1.82) is 0 Å². The zero-order valence-corrected chi connectivity index (χ0v) is 11.6. The molecule has 1 saturated heterocycles. The van der Waals surface area contributed by atoms with Crippen molar-refractivity contribution in [3.63, 3.8) is 0 Å². The van der Waals surface area contributed by atoms with Gasteiger partial charge in [-0.1, -0.05) is 18.5 Å². The lowest BCUT2D eigenvalue weighted by Crippen LogP contribution is -2.45. The van der Waals surface area contributed by atoms with Gasteiger partial charge in [0.25, 0.3) is 0 Å². The smallest absolute Gasteiger partial charge is 0.124 e. The van der Waals surface area contributed by atoms with Gasteiger partial charge < -0.3 is 9.84 Å². The van der Waals surface area contributed by atoms with Crippen molar-refractivity contribution in [2.75, 3.05) is 26.2 Å². The number of aliphatic hydroxyl groups excluding tert-OH is 1. The summed E-state index contributed by atoms with van der Waals surface area (Å²) in [6, 6.07) is 0. The van der Waals surface area contributed by atoms with Gasteiger partial charge in [0.05, 0.1) is 23.5 Å². The molecule has 6 heteroatoms. The van der Waals surface area contributed by atoms with E-state index in [2.05, 4.69) is 16.9 Å². The van der Waals surface area contributed by atoms with Crippen LogP contribution in [0.25, 0.3) is 0 Å². The minimum atomic E-state index is -0.732.